The maximum Gasteiger partial charge on any atom is 0.338 e. The summed E-state index contributed by atoms with van der Waals surface area (Å²) in [7, 11) is 1.55. The van der Waals surface area contributed by atoms with Gasteiger partial charge in [-0.3, -0.25) is 14.5 Å². The van der Waals surface area contributed by atoms with Gasteiger partial charge in [0, 0.05) is 12.2 Å². The molecule has 4 rings (SSSR count). The highest BCUT2D eigenvalue weighted by Crippen LogP contribution is 2.30. The lowest BCUT2D eigenvalue weighted by atomic mass is 10.1. The Balaban J connectivity index is 1.54. The highest BCUT2D eigenvalue weighted by molar-refractivity contribution is 7.80. The van der Waals surface area contributed by atoms with E-state index < -0.39 is 17.9 Å². The number of amides is 2. The zero-order chi connectivity index (χ0) is 27.2. The van der Waals surface area contributed by atoms with Gasteiger partial charge >= 0.3 is 5.97 Å². The number of methoxy groups -OCH3 is 1. The first-order valence-corrected chi connectivity index (χ1v) is 12.3. The maximum atomic E-state index is 13.6. The van der Waals surface area contributed by atoms with Crippen molar-refractivity contribution in [3.8, 4) is 5.75 Å². The van der Waals surface area contributed by atoms with Crippen LogP contribution in [-0.4, -0.2) is 47.6 Å². The summed E-state index contributed by atoms with van der Waals surface area (Å²) < 4.78 is 23.6. The minimum atomic E-state index is -0.881. The monoisotopic (exact) mass is 535 g/mol. The van der Waals surface area contributed by atoms with Crippen molar-refractivity contribution in [2.24, 2.45) is 0 Å². The Bertz CT molecular complexity index is 1330. The molecule has 1 aliphatic rings. The molecule has 1 atom stereocenters. The molecule has 1 aliphatic heterocycles. The number of rotatable bonds is 9. The number of thiocarbonyl (C=S) groups is 1. The Morgan fingerprint density at radius 1 is 1.00 bits per heavy atom. The Morgan fingerprint density at radius 3 is 2.26 bits per heavy atom. The average Bonchev–Trinajstić information content (AvgIpc) is 3.14. The van der Waals surface area contributed by atoms with Gasteiger partial charge in [0.2, 0.25) is 5.91 Å². The molecule has 1 N–H and O–H groups in total. The number of benzene rings is 3. The number of ether oxygens (including phenoxy) is 2. The Kier molecular flexibility index (Phi) is 8.32. The number of anilines is 2. The zero-order valence-electron chi connectivity index (χ0n) is 20.8. The third-order valence-electron chi connectivity index (χ3n) is 5.97. The molecule has 0 spiro atoms. The topological polar surface area (TPSA) is 88.2 Å². The Hall–Kier alpha value is -4.31. The van der Waals surface area contributed by atoms with Gasteiger partial charge in [0.25, 0.3) is 5.91 Å². The van der Waals surface area contributed by atoms with E-state index in [1.54, 1.807) is 79.6 Å². The molecule has 0 radical (unpaired) electrons. The summed E-state index contributed by atoms with van der Waals surface area (Å²) in [6.07, 6.45) is -0.174. The first kappa shape index (κ1) is 26.7. The van der Waals surface area contributed by atoms with E-state index in [9.17, 15) is 18.8 Å². The number of hydrogen-bond donors (Lipinski definition) is 1. The molecule has 8 nitrogen and oxygen atoms in total. The van der Waals surface area contributed by atoms with Crippen LogP contribution in [0, 0.1) is 5.82 Å². The molecule has 1 heterocycles. The minimum Gasteiger partial charge on any atom is -0.497 e. The van der Waals surface area contributed by atoms with Gasteiger partial charge in [-0.1, -0.05) is 12.1 Å². The van der Waals surface area contributed by atoms with Gasteiger partial charge in [-0.05, 0) is 85.4 Å². The molecular formula is C28H26FN3O5S. The summed E-state index contributed by atoms with van der Waals surface area (Å²) in [6, 6.07) is 18.2. The second kappa shape index (κ2) is 11.8. The first-order chi connectivity index (χ1) is 18.3. The van der Waals surface area contributed by atoms with Gasteiger partial charge in [-0.2, -0.15) is 0 Å². The van der Waals surface area contributed by atoms with E-state index in [1.807, 2.05) is 0 Å². The van der Waals surface area contributed by atoms with Crippen LogP contribution in [0.2, 0.25) is 0 Å². The van der Waals surface area contributed by atoms with Gasteiger partial charge in [0.1, 0.15) is 17.6 Å². The second-order valence-corrected chi connectivity index (χ2v) is 8.84. The molecule has 1 saturated heterocycles. The van der Waals surface area contributed by atoms with Crippen LogP contribution in [0.4, 0.5) is 15.8 Å². The summed E-state index contributed by atoms with van der Waals surface area (Å²) in [4.78, 5) is 41.5. The summed E-state index contributed by atoms with van der Waals surface area (Å²) in [6.45, 7) is 2.19. The lowest BCUT2D eigenvalue weighted by Gasteiger charge is -2.24. The van der Waals surface area contributed by atoms with Crippen LogP contribution < -0.4 is 15.0 Å². The van der Waals surface area contributed by atoms with E-state index in [-0.39, 0.29) is 36.4 Å². The van der Waals surface area contributed by atoms with E-state index in [0.29, 0.717) is 22.7 Å². The van der Waals surface area contributed by atoms with Crippen molar-refractivity contribution in [2.75, 3.05) is 23.9 Å². The number of halogens is 1. The van der Waals surface area contributed by atoms with Crippen molar-refractivity contribution in [1.82, 2.24) is 4.90 Å². The van der Waals surface area contributed by atoms with Crippen molar-refractivity contribution in [1.29, 1.82) is 0 Å². The zero-order valence-corrected chi connectivity index (χ0v) is 21.7. The molecule has 1 fully saturated rings. The van der Waals surface area contributed by atoms with E-state index in [2.05, 4.69) is 5.32 Å². The van der Waals surface area contributed by atoms with Crippen LogP contribution in [0.15, 0.2) is 72.8 Å². The van der Waals surface area contributed by atoms with Gasteiger partial charge in [0.05, 0.1) is 31.4 Å². The van der Waals surface area contributed by atoms with Gasteiger partial charge < -0.3 is 19.7 Å². The quantitative estimate of drug-likeness (QED) is 0.318. The van der Waals surface area contributed by atoms with Crippen molar-refractivity contribution >= 4 is 46.5 Å². The fraction of sp³-hybridized carbons (Fsp3) is 0.214. The second-order valence-electron chi connectivity index (χ2n) is 8.47. The third kappa shape index (κ3) is 5.97. The molecule has 1 unspecified atom stereocenters. The molecule has 3 aromatic rings. The number of esters is 1. The minimum absolute atomic E-state index is 0.174. The van der Waals surface area contributed by atoms with E-state index in [0.717, 1.165) is 5.56 Å². The molecular weight excluding hydrogens is 509 g/mol. The van der Waals surface area contributed by atoms with Crippen LogP contribution in [0.5, 0.6) is 5.75 Å². The molecule has 0 aliphatic carbocycles. The molecule has 38 heavy (non-hydrogen) atoms. The lowest BCUT2D eigenvalue weighted by Crippen LogP contribution is -2.37. The summed E-state index contributed by atoms with van der Waals surface area (Å²) >= 11 is 5.68. The van der Waals surface area contributed by atoms with Crippen LogP contribution in [0.1, 0.15) is 29.3 Å². The summed E-state index contributed by atoms with van der Waals surface area (Å²) in [5.74, 6) is -0.964. The van der Waals surface area contributed by atoms with Crippen LogP contribution >= 0.6 is 12.2 Å². The van der Waals surface area contributed by atoms with Crippen molar-refractivity contribution in [3.63, 3.8) is 0 Å². The van der Waals surface area contributed by atoms with E-state index in [4.69, 9.17) is 21.7 Å². The smallest absolute Gasteiger partial charge is 0.338 e. The maximum absolute atomic E-state index is 13.6. The third-order valence-corrected chi connectivity index (χ3v) is 6.39. The van der Waals surface area contributed by atoms with Gasteiger partial charge in [-0.15, -0.1) is 0 Å². The average molecular weight is 536 g/mol. The van der Waals surface area contributed by atoms with E-state index in [1.165, 1.54) is 17.0 Å². The number of nitrogens with one attached hydrogen (secondary N) is 1. The predicted molar refractivity (Wildman–Crippen MR) is 144 cm³/mol. The molecule has 0 saturated carbocycles. The van der Waals surface area contributed by atoms with Crippen molar-refractivity contribution < 1.29 is 28.2 Å². The van der Waals surface area contributed by atoms with Gasteiger partial charge in [-0.25, -0.2) is 9.18 Å². The van der Waals surface area contributed by atoms with Crippen molar-refractivity contribution in [2.45, 2.75) is 25.9 Å². The number of hydrogen-bond acceptors (Lipinski definition) is 6. The molecule has 196 valence electrons. The first-order valence-electron chi connectivity index (χ1n) is 11.9. The molecule has 0 bridgehead atoms. The van der Waals surface area contributed by atoms with Crippen LogP contribution in [-0.2, 0) is 20.9 Å². The SMILES string of the molecule is CCOC(=O)c1ccc(NC(=O)CC2C(=O)N(c3ccc(OC)cc3)C(=S)N2Cc2ccc(F)cc2)cc1. The normalized spacial score (nSPS) is 15.0. The van der Waals surface area contributed by atoms with Crippen LogP contribution in [0.3, 0.4) is 0 Å². The van der Waals surface area contributed by atoms with E-state index >= 15 is 0 Å². The summed E-state index contributed by atoms with van der Waals surface area (Å²) in [5, 5.41) is 3.00. The fourth-order valence-electron chi connectivity index (χ4n) is 4.06. The summed E-state index contributed by atoms with van der Waals surface area (Å²) in [5.41, 5.74) is 2.11. The molecule has 3 aromatic carbocycles. The molecule has 10 heteroatoms. The molecule has 0 aromatic heterocycles. The van der Waals surface area contributed by atoms with Crippen LogP contribution in [0.25, 0.3) is 0 Å². The molecule has 2 amide bonds. The Morgan fingerprint density at radius 2 is 1.66 bits per heavy atom. The number of carbonyl (C=O) groups is 3. The predicted octanol–water partition coefficient (Wildman–Crippen LogP) is 4.54. The van der Waals surface area contributed by atoms with Crippen molar-refractivity contribution in [3.05, 3.63) is 89.7 Å². The highest BCUT2D eigenvalue weighted by Gasteiger charge is 2.44. The Labute approximate surface area is 224 Å². The lowest BCUT2D eigenvalue weighted by molar-refractivity contribution is -0.124. The van der Waals surface area contributed by atoms with Gasteiger partial charge in [0.15, 0.2) is 5.11 Å². The largest absolute Gasteiger partial charge is 0.497 e. The highest BCUT2D eigenvalue weighted by atomic mass is 32.1. The fourth-order valence-corrected chi connectivity index (χ4v) is 4.45. The standard InChI is InChI=1S/C28H26FN3O5S/c1-3-37-27(35)19-6-10-21(11-7-19)30-25(33)16-24-26(34)32(22-12-14-23(36-2)15-13-22)28(38)31(24)17-18-4-8-20(29)9-5-18/h4-15,24H,3,16-17H2,1-2H3,(H,30,33). The number of nitrogens with zero attached hydrogens (tertiary/aromatic N) is 2. The number of carbonyl (C=O) groups excluding carboxylic acids is 3.